The third kappa shape index (κ3) is 7.60. The summed E-state index contributed by atoms with van der Waals surface area (Å²) in [6, 6.07) is 10.1. The van der Waals surface area contributed by atoms with E-state index in [-0.39, 0.29) is 29.8 Å². The Balaban J connectivity index is 0.00000420. The largest absolute Gasteiger partial charge is 0.496 e. The predicted octanol–water partition coefficient (Wildman–Crippen LogP) is 3.77. The fraction of sp³-hybridized carbons (Fsp3) is 0.381. The lowest BCUT2D eigenvalue weighted by atomic mass is 10.1. The monoisotopic (exact) mass is 517 g/mol. The molecule has 0 aromatic heterocycles. The number of nitrogens with one attached hydrogen (secondary N) is 2. The van der Waals surface area contributed by atoms with E-state index < -0.39 is 0 Å². The second-order valence-electron chi connectivity index (χ2n) is 6.01. The Morgan fingerprint density at radius 2 is 1.69 bits per heavy atom. The van der Waals surface area contributed by atoms with Gasteiger partial charge in [-0.2, -0.15) is 0 Å². The van der Waals surface area contributed by atoms with Gasteiger partial charge in [0.1, 0.15) is 23.1 Å². The molecule has 0 saturated carbocycles. The third-order valence-electron chi connectivity index (χ3n) is 4.14. The van der Waals surface area contributed by atoms with Gasteiger partial charge in [0.25, 0.3) is 0 Å². The summed E-state index contributed by atoms with van der Waals surface area (Å²) >= 11 is 0. The number of nitrogens with zero attached hydrogens (tertiary/aromatic N) is 1. The number of hydrogen-bond acceptors (Lipinski definition) is 4. The molecule has 2 rings (SSSR count). The molecular formula is C21H29FIN3O3. The van der Waals surface area contributed by atoms with Crippen molar-refractivity contribution in [1.82, 2.24) is 10.6 Å². The predicted molar refractivity (Wildman–Crippen MR) is 124 cm³/mol. The Bertz CT molecular complexity index is 777. The molecule has 0 amide bonds. The summed E-state index contributed by atoms with van der Waals surface area (Å²) in [7, 11) is 4.85. The number of halogens is 2. The SMILES string of the molecule is CCNC(=NCc1cccc(F)c1)NCCc1c(OC)cc(OC)cc1OC.I. The van der Waals surface area contributed by atoms with Gasteiger partial charge in [0.15, 0.2) is 5.96 Å². The van der Waals surface area contributed by atoms with Crippen LogP contribution in [0.2, 0.25) is 0 Å². The molecule has 0 heterocycles. The number of hydrogen-bond donors (Lipinski definition) is 2. The molecule has 160 valence electrons. The highest BCUT2D eigenvalue weighted by atomic mass is 127. The number of rotatable bonds is 9. The maximum atomic E-state index is 13.3. The first kappa shape index (κ1) is 24.8. The van der Waals surface area contributed by atoms with Gasteiger partial charge in [-0.3, -0.25) is 0 Å². The average Bonchev–Trinajstić information content (AvgIpc) is 2.71. The van der Waals surface area contributed by atoms with Crippen LogP contribution in [0.1, 0.15) is 18.1 Å². The Morgan fingerprint density at radius 1 is 1.00 bits per heavy atom. The van der Waals surface area contributed by atoms with E-state index in [1.807, 2.05) is 25.1 Å². The average molecular weight is 517 g/mol. The van der Waals surface area contributed by atoms with E-state index in [9.17, 15) is 4.39 Å². The van der Waals surface area contributed by atoms with Gasteiger partial charge in [0, 0.05) is 30.8 Å². The van der Waals surface area contributed by atoms with Crippen molar-refractivity contribution >= 4 is 29.9 Å². The first-order valence-corrected chi connectivity index (χ1v) is 9.16. The van der Waals surface area contributed by atoms with Crippen molar-refractivity contribution < 1.29 is 18.6 Å². The molecule has 2 N–H and O–H groups in total. The van der Waals surface area contributed by atoms with Gasteiger partial charge < -0.3 is 24.8 Å². The van der Waals surface area contributed by atoms with E-state index in [1.54, 1.807) is 27.4 Å². The van der Waals surface area contributed by atoms with E-state index in [2.05, 4.69) is 15.6 Å². The molecule has 0 aliphatic heterocycles. The summed E-state index contributed by atoms with van der Waals surface area (Å²) in [5.74, 6) is 2.50. The minimum Gasteiger partial charge on any atom is -0.496 e. The lowest BCUT2D eigenvalue weighted by Gasteiger charge is -2.16. The molecule has 0 bridgehead atoms. The van der Waals surface area contributed by atoms with E-state index in [0.29, 0.717) is 42.7 Å². The molecule has 0 saturated heterocycles. The summed E-state index contributed by atoms with van der Waals surface area (Å²) in [6.45, 7) is 3.73. The third-order valence-corrected chi connectivity index (χ3v) is 4.14. The summed E-state index contributed by atoms with van der Waals surface area (Å²) in [5, 5.41) is 6.48. The number of benzene rings is 2. The molecule has 0 atom stereocenters. The molecule has 6 nitrogen and oxygen atoms in total. The van der Waals surface area contributed by atoms with Crippen molar-refractivity contribution in [2.45, 2.75) is 19.9 Å². The van der Waals surface area contributed by atoms with Crippen LogP contribution in [0.4, 0.5) is 4.39 Å². The van der Waals surface area contributed by atoms with Crippen molar-refractivity contribution in [2.75, 3.05) is 34.4 Å². The fourth-order valence-corrected chi connectivity index (χ4v) is 2.78. The van der Waals surface area contributed by atoms with E-state index in [4.69, 9.17) is 14.2 Å². The molecule has 0 spiro atoms. The Hall–Kier alpha value is -2.23. The Morgan fingerprint density at radius 3 is 2.24 bits per heavy atom. The fourth-order valence-electron chi connectivity index (χ4n) is 2.78. The van der Waals surface area contributed by atoms with Crippen LogP contribution in [0.3, 0.4) is 0 Å². The zero-order valence-corrected chi connectivity index (χ0v) is 19.6. The van der Waals surface area contributed by atoms with Crippen molar-refractivity contribution in [1.29, 1.82) is 0 Å². The van der Waals surface area contributed by atoms with Crippen LogP contribution in [0.15, 0.2) is 41.4 Å². The zero-order valence-electron chi connectivity index (χ0n) is 17.3. The molecule has 2 aromatic carbocycles. The first-order valence-electron chi connectivity index (χ1n) is 9.16. The van der Waals surface area contributed by atoms with Crippen molar-refractivity contribution in [3.05, 3.63) is 53.3 Å². The van der Waals surface area contributed by atoms with Crippen molar-refractivity contribution in [3.63, 3.8) is 0 Å². The van der Waals surface area contributed by atoms with Crippen LogP contribution in [0.5, 0.6) is 17.2 Å². The zero-order chi connectivity index (χ0) is 20.4. The van der Waals surface area contributed by atoms with Crippen LogP contribution >= 0.6 is 24.0 Å². The standard InChI is InChI=1S/C21H28FN3O3.HI/c1-5-23-21(25-14-15-7-6-8-16(22)11-15)24-10-9-18-19(27-3)12-17(26-2)13-20(18)28-4;/h6-8,11-13H,5,9-10,14H2,1-4H3,(H2,23,24,25);1H. The summed E-state index contributed by atoms with van der Waals surface area (Å²) < 4.78 is 29.6. The Labute approximate surface area is 188 Å². The number of ether oxygens (including phenoxy) is 3. The molecule has 0 aliphatic carbocycles. The second kappa shape index (κ2) is 13.1. The quantitative estimate of drug-likeness (QED) is 0.301. The number of methoxy groups -OCH3 is 3. The van der Waals surface area contributed by atoms with Crippen LogP contribution in [0, 0.1) is 5.82 Å². The molecule has 8 heteroatoms. The lowest BCUT2D eigenvalue weighted by molar-refractivity contribution is 0.368. The highest BCUT2D eigenvalue weighted by molar-refractivity contribution is 14.0. The van der Waals surface area contributed by atoms with Gasteiger partial charge in [-0.1, -0.05) is 12.1 Å². The highest BCUT2D eigenvalue weighted by Gasteiger charge is 2.13. The second-order valence-corrected chi connectivity index (χ2v) is 6.01. The van der Waals surface area contributed by atoms with Crippen LogP contribution in [0.25, 0.3) is 0 Å². The lowest BCUT2D eigenvalue weighted by Crippen LogP contribution is -2.38. The minimum atomic E-state index is -0.260. The maximum absolute atomic E-state index is 13.3. The smallest absolute Gasteiger partial charge is 0.191 e. The normalized spacial score (nSPS) is 10.7. The summed E-state index contributed by atoms with van der Waals surface area (Å²) in [5.41, 5.74) is 1.76. The molecule has 0 aliphatic rings. The van der Waals surface area contributed by atoms with Crippen LogP contribution in [-0.2, 0) is 13.0 Å². The van der Waals surface area contributed by atoms with Crippen molar-refractivity contribution in [2.24, 2.45) is 4.99 Å². The molecular weight excluding hydrogens is 488 g/mol. The Kier molecular flexibility index (Phi) is 11.2. The van der Waals surface area contributed by atoms with Crippen LogP contribution < -0.4 is 24.8 Å². The number of aliphatic imine (C=N–C) groups is 1. The van der Waals surface area contributed by atoms with Gasteiger partial charge in [-0.05, 0) is 31.0 Å². The molecule has 29 heavy (non-hydrogen) atoms. The van der Waals surface area contributed by atoms with Gasteiger partial charge in [-0.15, -0.1) is 24.0 Å². The molecule has 0 fully saturated rings. The van der Waals surface area contributed by atoms with Gasteiger partial charge in [-0.25, -0.2) is 9.38 Å². The first-order chi connectivity index (χ1) is 13.6. The highest BCUT2D eigenvalue weighted by Crippen LogP contribution is 2.34. The minimum absolute atomic E-state index is 0. The van der Waals surface area contributed by atoms with E-state index >= 15 is 0 Å². The van der Waals surface area contributed by atoms with Gasteiger partial charge in [0.2, 0.25) is 0 Å². The summed E-state index contributed by atoms with van der Waals surface area (Å²) in [6.07, 6.45) is 0.667. The summed E-state index contributed by atoms with van der Waals surface area (Å²) in [4.78, 5) is 4.51. The topological polar surface area (TPSA) is 64.1 Å². The van der Waals surface area contributed by atoms with E-state index in [0.717, 1.165) is 17.7 Å². The number of guanidine groups is 1. The molecule has 0 unspecified atom stereocenters. The van der Waals surface area contributed by atoms with Gasteiger partial charge in [0.05, 0.1) is 27.9 Å². The van der Waals surface area contributed by atoms with Crippen molar-refractivity contribution in [3.8, 4) is 17.2 Å². The molecule has 0 radical (unpaired) electrons. The van der Waals surface area contributed by atoms with Gasteiger partial charge >= 0.3 is 0 Å². The maximum Gasteiger partial charge on any atom is 0.191 e. The van der Waals surface area contributed by atoms with E-state index in [1.165, 1.54) is 12.1 Å². The molecule has 2 aromatic rings. The van der Waals surface area contributed by atoms with Crippen LogP contribution in [-0.4, -0.2) is 40.4 Å².